The Morgan fingerprint density at radius 2 is 2.17 bits per heavy atom. The van der Waals surface area contributed by atoms with E-state index < -0.39 is 0 Å². The lowest BCUT2D eigenvalue weighted by atomic mass is 10.1. The van der Waals surface area contributed by atoms with Crippen molar-refractivity contribution in [1.29, 1.82) is 5.26 Å². The predicted octanol–water partition coefficient (Wildman–Crippen LogP) is 1.58. The van der Waals surface area contributed by atoms with Gasteiger partial charge in [-0.2, -0.15) is 5.26 Å². The van der Waals surface area contributed by atoms with Gasteiger partial charge in [0.1, 0.15) is 11.5 Å². The number of ether oxygens (including phenoxy) is 2. The second kappa shape index (κ2) is 4.96. The lowest BCUT2D eigenvalue weighted by molar-refractivity contribution is -0.117. The van der Waals surface area contributed by atoms with Gasteiger partial charge in [-0.3, -0.25) is 4.79 Å². The molecule has 1 saturated heterocycles. The predicted molar refractivity (Wildman–Crippen MR) is 65.6 cm³/mol. The van der Waals surface area contributed by atoms with Gasteiger partial charge in [-0.15, -0.1) is 0 Å². The summed E-state index contributed by atoms with van der Waals surface area (Å²) in [5.41, 5.74) is 0.652. The largest absolute Gasteiger partial charge is 0.497 e. The minimum absolute atomic E-state index is 0.0619. The third kappa shape index (κ3) is 2.09. The second-order valence-corrected chi connectivity index (χ2v) is 4.07. The average Bonchev–Trinajstić information content (AvgIpc) is 2.79. The van der Waals surface area contributed by atoms with Gasteiger partial charge >= 0.3 is 0 Å². The highest BCUT2D eigenvalue weighted by Gasteiger charge is 2.32. The van der Waals surface area contributed by atoms with Gasteiger partial charge in [0.05, 0.1) is 31.9 Å². The van der Waals surface area contributed by atoms with E-state index in [2.05, 4.69) is 6.07 Å². The molecule has 1 aromatic carbocycles. The monoisotopic (exact) mass is 246 g/mol. The molecule has 0 aliphatic carbocycles. The molecule has 1 amide bonds. The maximum absolute atomic E-state index is 11.9. The van der Waals surface area contributed by atoms with E-state index in [1.54, 1.807) is 37.3 Å². The van der Waals surface area contributed by atoms with Crippen LogP contribution in [-0.2, 0) is 4.79 Å². The van der Waals surface area contributed by atoms with E-state index in [1.165, 1.54) is 0 Å². The number of methoxy groups -OCH3 is 2. The molecule has 1 aromatic rings. The minimum Gasteiger partial charge on any atom is -0.497 e. The highest BCUT2D eigenvalue weighted by molar-refractivity contribution is 5.97. The third-order valence-electron chi connectivity index (χ3n) is 2.98. The van der Waals surface area contributed by atoms with Crippen molar-refractivity contribution in [3.05, 3.63) is 18.2 Å². The van der Waals surface area contributed by atoms with E-state index >= 15 is 0 Å². The molecule has 0 radical (unpaired) electrons. The Morgan fingerprint density at radius 1 is 1.39 bits per heavy atom. The van der Waals surface area contributed by atoms with Crippen LogP contribution in [0.25, 0.3) is 0 Å². The summed E-state index contributed by atoms with van der Waals surface area (Å²) >= 11 is 0. The van der Waals surface area contributed by atoms with E-state index in [-0.39, 0.29) is 18.2 Å². The maximum atomic E-state index is 11.9. The fourth-order valence-electron chi connectivity index (χ4n) is 2.03. The molecular weight excluding hydrogens is 232 g/mol. The second-order valence-electron chi connectivity index (χ2n) is 4.07. The number of carbonyl (C=O) groups is 1. The van der Waals surface area contributed by atoms with Crippen LogP contribution < -0.4 is 14.4 Å². The first-order chi connectivity index (χ1) is 8.69. The van der Waals surface area contributed by atoms with E-state index in [4.69, 9.17) is 14.7 Å². The molecule has 5 heteroatoms. The number of carbonyl (C=O) groups excluding carboxylic acids is 1. The molecule has 1 aliphatic rings. The van der Waals surface area contributed by atoms with Crippen molar-refractivity contribution in [3.8, 4) is 17.6 Å². The molecule has 2 rings (SSSR count). The maximum Gasteiger partial charge on any atom is 0.228 e. The highest BCUT2D eigenvalue weighted by Crippen LogP contribution is 2.35. The molecular formula is C13H14N2O3. The van der Waals surface area contributed by atoms with Gasteiger partial charge < -0.3 is 14.4 Å². The first-order valence-corrected chi connectivity index (χ1v) is 5.61. The molecule has 0 spiro atoms. The number of hydrogen-bond acceptors (Lipinski definition) is 4. The van der Waals surface area contributed by atoms with Crippen LogP contribution in [0.4, 0.5) is 5.69 Å². The van der Waals surface area contributed by atoms with Gasteiger partial charge in [0.15, 0.2) is 0 Å². The van der Waals surface area contributed by atoms with Crippen LogP contribution in [0.15, 0.2) is 18.2 Å². The van der Waals surface area contributed by atoms with Gasteiger partial charge in [-0.25, -0.2) is 0 Å². The van der Waals surface area contributed by atoms with Crippen molar-refractivity contribution in [2.24, 2.45) is 5.92 Å². The van der Waals surface area contributed by atoms with E-state index in [9.17, 15) is 4.79 Å². The van der Waals surface area contributed by atoms with Crippen LogP contribution in [0, 0.1) is 17.2 Å². The number of nitrogens with zero attached hydrogens (tertiary/aromatic N) is 2. The van der Waals surface area contributed by atoms with E-state index in [0.717, 1.165) is 0 Å². The fourth-order valence-corrected chi connectivity index (χ4v) is 2.03. The standard InChI is InChI=1S/C13H14N2O3/c1-17-10-3-4-12(18-2)11(6-10)15-8-9(7-14)5-13(15)16/h3-4,6,9H,5,8H2,1-2H3. The molecule has 1 fully saturated rings. The normalized spacial score (nSPS) is 18.6. The Bertz CT molecular complexity index is 507. The minimum atomic E-state index is -0.256. The molecule has 0 aromatic heterocycles. The Hall–Kier alpha value is -2.22. The molecule has 94 valence electrons. The van der Waals surface area contributed by atoms with E-state index in [1.807, 2.05) is 0 Å². The zero-order chi connectivity index (χ0) is 13.1. The molecule has 0 saturated carbocycles. The Labute approximate surface area is 106 Å². The van der Waals surface area contributed by atoms with Crippen LogP contribution in [0.5, 0.6) is 11.5 Å². The van der Waals surface area contributed by atoms with Crippen molar-refractivity contribution in [1.82, 2.24) is 0 Å². The first kappa shape index (κ1) is 12.2. The number of nitriles is 1. The SMILES string of the molecule is COc1ccc(OC)c(N2CC(C#N)CC2=O)c1. The average molecular weight is 246 g/mol. The topological polar surface area (TPSA) is 62.6 Å². The zero-order valence-corrected chi connectivity index (χ0v) is 10.3. The lowest BCUT2D eigenvalue weighted by Gasteiger charge is -2.19. The van der Waals surface area contributed by atoms with Crippen LogP contribution in [0.1, 0.15) is 6.42 Å². The number of anilines is 1. The van der Waals surface area contributed by atoms with Gasteiger partial charge in [0.2, 0.25) is 5.91 Å². The van der Waals surface area contributed by atoms with E-state index in [0.29, 0.717) is 23.7 Å². The summed E-state index contributed by atoms with van der Waals surface area (Å²) in [6.45, 7) is 0.402. The summed E-state index contributed by atoms with van der Waals surface area (Å²) < 4.78 is 10.4. The molecule has 0 N–H and O–H groups in total. The molecule has 1 unspecified atom stereocenters. The smallest absolute Gasteiger partial charge is 0.228 e. The van der Waals surface area contributed by atoms with Crippen LogP contribution in [0.3, 0.4) is 0 Å². The van der Waals surface area contributed by atoms with Crippen molar-refractivity contribution in [2.75, 3.05) is 25.7 Å². The van der Waals surface area contributed by atoms with Gasteiger partial charge in [0, 0.05) is 19.0 Å². The third-order valence-corrected chi connectivity index (χ3v) is 2.98. The highest BCUT2D eigenvalue weighted by atomic mass is 16.5. The summed E-state index contributed by atoms with van der Waals surface area (Å²) in [5, 5.41) is 8.89. The fraction of sp³-hybridized carbons (Fsp3) is 0.385. The van der Waals surface area contributed by atoms with Crippen molar-refractivity contribution >= 4 is 11.6 Å². The molecule has 1 heterocycles. The zero-order valence-electron chi connectivity index (χ0n) is 10.3. The summed E-state index contributed by atoms with van der Waals surface area (Å²) in [6, 6.07) is 7.39. The summed E-state index contributed by atoms with van der Waals surface area (Å²) in [6.07, 6.45) is 0.261. The van der Waals surface area contributed by atoms with Crippen molar-refractivity contribution < 1.29 is 14.3 Å². The molecule has 1 aliphatic heterocycles. The quantitative estimate of drug-likeness (QED) is 0.812. The summed E-state index contributed by atoms with van der Waals surface area (Å²) in [7, 11) is 3.11. The van der Waals surface area contributed by atoms with Gasteiger partial charge in [-0.1, -0.05) is 0 Å². The van der Waals surface area contributed by atoms with Gasteiger partial charge in [0.25, 0.3) is 0 Å². The lowest BCUT2D eigenvalue weighted by Crippen LogP contribution is -2.24. The summed E-state index contributed by atoms with van der Waals surface area (Å²) in [5.74, 6) is 0.934. The van der Waals surface area contributed by atoms with Crippen LogP contribution in [0.2, 0.25) is 0 Å². The number of rotatable bonds is 3. The van der Waals surface area contributed by atoms with Crippen LogP contribution in [-0.4, -0.2) is 26.7 Å². The van der Waals surface area contributed by atoms with Crippen LogP contribution >= 0.6 is 0 Å². The Balaban J connectivity index is 2.38. The van der Waals surface area contributed by atoms with Gasteiger partial charge in [-0.05, 0) is 12.1 Å². The van der Waals surface area contributed by atoms with Crippen molar-refractivity contribution in [3.63, 3.8) is 0 Å². The Kier molecular flexibility index (Phi) is 3.38. The number of benzene rings is 1. The van der Waals surface area contributed by atoms with Crippen molar-refractivity contribution in [2.45, 2.75) is 6.42 Å². The molecule has 0 bridgehead atoms. The summed E-state index contributed by atoms with van der Waals surface area (Å²) in [4.78, 5) is 13.5. The Morgan fingerprint density at radius 3 is 2.72 bits per heavy atom. The number of amides is 1. The number of hydrogen-bond donors (Lipinski definition) is 0. The first-order valence-electron chi connectivity index (χ1n) is 5.61. The molecule has 5 nitrogen and oxygen atoms in total. The molecule has 18 heavy (non-hydrogen) atoms. The molecule has 1 atom stereocenters.